The molecule has 0 fully saturated rings. The first-order valence-electron chi connectivity index (χ1n) is 22.1. The Morgan fingerprint density at radius 1 is 0.758 bits per heavy atom. The van der Waals surface area contributed by atoms with E-state index in [0.29, 0.717) is 12.5 Å². The Hall–Kier alpha value is -7.17. The Labute approximate surface area is 365 Å². The van der Waals surface area contributed by atoms with E-state index >= 15 is 0 Å². The van der Waals surface area contributed by atoms with Gasteiger partial charge < -0.3 is 14.5 Å². The first-order chi connectivity index (χ1) is 30.7. The first-order valence-corrected chi connectivity index (χ1v) is 22.1. The van der Waals surface area contributed by atoms with Gasteiger partial charge in [-0.25, -0.2) is 0 Å². The predicted molar refractivity (Wildman–Crippen MR) is 263 cm³/mol. The molecule has 7 aromatic rings. The third-order valence-corrected chi connectivity index (χ3v) is 12.7. The average Bonchev–Trinajstić information content (AvgIpc) is 3.85. The van der Waals surface area contributed by atoms with Crippen molar-refractivity contribution in [1.82, 2.24) is 14.5 Å². The van der Waals surface area contributed by atoms with Gasteiger partial charge in [-0.3, -0.25) is 4.99 Å². The number of aliphatic imine (C=N–C) groups is 1. The zero-order chi connectivity index (χ0) is 41.8. The SMILES string of the molecule is C/C=C\C=C/C(C=NC)=C(NCc1cccc(-c2cccc(-n3c4c(c5ccccc53)C=C(C3C=Cc5c(c6ccccc6n5-c5ccccc5)C3)CC4)c2)c1)C1=CC=CCC1. The van der Waals surface area contributed by atoms with Crippen LogP contribution in [0, 0.1) is 5.92 Å². The summed E-state index contributed by atoms with van der Waals surface area (Å²) in [5.41, 5.74) is 19.2. The van der Waals surface area contributed by atoms with E-state index in [1.165, 1.54) is 83.5 Å². The van der Waals surface area contributed by atoms with Gasteiger partial charge in [0, 0.05) is 76.1 Å². The lowest BCUT2D eigenvalue weighted by Crippen LogP contribution is -2.18. The van der Waals surface area contributed by atoms with E-state index < -0.39 is 0 Å². The van der Waals surface area contributed by atoms with Crippen LogP contribution in [0.1, 0.15) is 54.3 Å². The zero-order valence-corrected chi connectivity index (χ0v) is 35.6. The topological polar surface area (TPSA) is 34.2 Å². The Bertz CT molecular complexity index is 3060. The third-order valence-electron chi connectivity index (χ3n) is 12.7. The van der Waals surface area contributed by atoms with Gasteiger partial charge in [0.15, 0.2) is 0 Å². The molecule has 3 aliphatic carbocycles. The number of rotatable bonds is 11. The standard InChI is InChI=1S/C58H52N4/c1-3-4-7-21-47(40-59-2)58(42-19-8-5-9-20-42)60-39-41-18-16-22-43(35-41)44-23-17-26-49(36-44)62-55-30-15-13-28-51(55)53-38-46(32-34-57(53)62)45-31-33-56-52(37-45)50-27-12-14-29-54(50)61(56)48-24-10-6-11-25-48/h3-8,10-19,21-31,33,35-36,38,40,45,60H,9,20,32,34,37,39H2,1-2H3/b4-3-,21-7-,58-47?,59-40?. The highest BCUT2D eigenvalue weighted by Gasteiger charge is 2.28. The second-order valence-corrected chi connectivity index (χ2v) is 16.5. The molecule has 2 heterocycles. The van der Waals surface area contributed by atoms with Gasteiger partial charge in [0.05, 0.1) is 11.0 Å². The van der Waals surface area contributed by atoms with Crippen LogP contribution in [0.3, 0.4) is 0 Å². The number of benzene rings is 5. The predicted octanol–water partition coefficient (Wildman–Crippen LogP) is 13.9. The number of allylic oxidation sites excluding steroid dienone is 11. The maximum Gasteiger partial charge on any atom is 0.0537 e. The number of para-hydroxylation sites is 3. The molecule has 304 valence electrons. The number of hydrogen-bond donors (Lipinski definition) is 1. The largest absolute Gasteiger partial charge is 0.380 e. The summed E-state index contributed by atoms with van der Waals surface area (Å²) in [6, 6.07) is 46.8. The summed E-state index contributed by atoms with van der Waals surface area (Å²) in [5.74, 6) is 0.363. The molecule has 0 spiro atoms. The van der Waals surface area contributed by atoms with E-state index in [0.717, 1.165) is 43.4 Å². The Morgan fingerprint density at radius 2 is 1.52 bits per heavy atom. The summed E-state index contributed by atoms with van der Waals surface area (Å²) in [5, 5.41) is 6.51. The van der Waals surface area contributed by atoms with Crippen molar-refractivity contribution in [2.45, 2.75) is 45.6 Å². The minimum atomic E-state index is 0.363. The molecule has 4 heteroatoms. The monoisotopic (exact) mass is 804 g/mol. The number of aromatic nitrogens is 2. The van der Waals surface area contributed by atoms with Crippen LogP contribution in [0.5, 0.6) is 0 Å². The van der Waals surface area contributed by atoms with Gasteiger partial charge in [-0.05, 0) is 115 Å². The second kappa shape index (κ2) is 17.4. The van der Waals surface area contributed by atoms with E-state index in [1.807, 2.05) is 26.3 Å². The summed E-state index contributed by atoms with van der Waals surface area (Å²) in [7, 11) is 1.84. The van der Waals surface area contributed by atoms with Gasteiger partial charge in [-0.1, -0.05) is 145 Å². The number of nitrogens with one attached hydrogen (secondary N) is 1. The first kappa shape index (κ1) is 39.0. The van der Waals surface area contributed by atoms with Crippen molar-refractivity contribution in [1.29, 1.82) is 0 Å². The summed E-state index contributed by atoms with van der Waals surface area (Å²) in [4.78, 5) is 4.41. The highest BCUT2D eigenvalue weighted by Crippen LogP contribution is 2.42. The van der Waals surface area contributed by atoms with Crippen molar-refractivity contribution in [2.24, 2.45) is 10.9 Å². The lowest BCUT2D eigenvalue weighted by atomic mass is 9.81. The number of nitrogens with zero attached hydrogens (tertiary/aromatic N) is 3. The second-order valence-electron chi connectivity index (χ2n) is 16.5. The maximum atomic E-state index is 4.41. The molecule has 0 saturated carbocycles. The summed E-state index contributed by atoms with van der Waals surface area (Å²) >= 11 is 0. The van der Waals surface area contributed by atoms with Crippen LogP contribution in [-0.2, 0) is 19.4 Å². The van der Waals surface area contributed by atoms with Crippen LogP contribution in [-0.4, -0.2) is 22.4 Å². The fourth-order valence-electron chi connectivity index (χ4n) is 9.84. The summed E-state index contributed by atoms with van der Waals surface area (Å²) in [6.07, 6.45) is 29.4. The number of hydrogen-bond acceptors (Lipinski definition) is 2. The fraction of sp³-hybridized carbons (Fsp3) is 0.155. The van der Waals surface area contributed by atoms with Crippen molar-refractivity contribution in [3.8, 4) is 22.5 Å². The molecule has 1 atom stereocenters. The molecular formula is C58H52N4. The van der Waals surface area contributed by atoms with Gasteiger partial charge in [-0.2, -0.15) is 0 Å². The normalized spacial score (nSPS) is 16.6. The van der Waals surface area contributed by atoms with Gasteiger partial charge in [-0.15, -0.1) is 0 Å². The lowest BCUT2D eigenvalue weighted by Gasteiger charge is -2.25. The van der Waals surface area contributed by atoms with Crippen LogP contribution < -0.4 is 5.32 Å². The van der Waals surface area contributed by atoms with Crippen LogP contribution in [0.2, 0.25) is 0 Å². The quantitative estimate of drug-likeness (QED) is 0.103. The average molecular weight is 805 g/mol. The molecule has 1 unspecified atom stereocenters. The van der Waals surface area contributed by atoms with E-state index in [2.05, 4.69) is 202 Å². The minimum absolute atomic E-state index is 0.363. The Kier molecular flexibility index (Phi) is 11.0. The van der Waals surface area contributed by atoms with Crippen molar-refractivity contribution >= 4 is 40.2 Å². The smallest absolute Gasteiger partial charge is 0.0537 e. The van der Waals surface area contributed by atoms with Crippen LogP contribution in [0.4, 0.5) is 0 Å². The molecule has 2 aromatic heterocycles. The van der Waals surface area contributed by atoms with Crippen molar-refractivity contribution in [2.75, 3.05) is 7.05 Å². The van der Waals surface area contributed by atoms with Gasteiger partial charge >= 0.3 is 0 Å². The van der Waals surface area contributed by atoms with E-state index in [-0.39, 0.29) is 0 Å². The Balaban J connectivity index is 0.955. The van der Waals surface area contributed by atoms with Crippen molar-refractivity contribution < 1.29 is 0 Å². The van der Waals surface area contributed by atoms with Crippen LogP contribution in [0.25, 0.3) is 56.5 Å². The van der Waals surface area contributed by atoms with Gasteiger partial charge in [0.2, 0.25) is 0 Å². The van der Waals surface area contributed by atoms with E-state index in [9.17, 15) is 0 Å². The molecule has 4 nitrogen and oxygen atoms in total. The zero-order valence-electron chi connectivity index (χ0n) is 35.6. The molecule has 5 aromatic carbocycles. The van der Waals surface area contributed by atoms with Crippen molar-refractivity contribution in [3.05, 3.63) is 226 Å². The fourth-order valence-corrected chi connectivity index (χ4v) is 9.84. The molecule has 0 amide bonds. The molecule has 3 aliphatic rings. The molecular weight excluding hydrogens is 753 g/mol. The molecule has 0 saturated heterocycles. The van der Waals surface area contributed by atoms with Crippen molar-refractivity contribution in [3.63, 3.8) is 0 Å². The molecule has 62 heavy (non-hydrogen) atoms. The van der Waals surface area contributed by atoms with Gasteiger partial charge in [0.1, 0.15) is 0 Å². The molecule has 1 N–H and O–H groups in total. The summed E-state index contributed by atoms with van der Waals surface area (Å²) < 4.78 is 4.96. The minimum Gasteiger partial charge on any atom is -0.380 e. The van der Waals surface area contributed by atoms with Crippen LogP contribution >= 0.6 is 0 Å². The van der Waals surface area contributed by atoms with E-state index in [4.69, 9.17) is 0 Å². The molecule has 0 bridgehead atoms. The van der Waals surface area contributed by atoms with Gasteiger partial charge in [0.25, 0.3) is 0 Å². The lowest BCUT2D eigenvalue weighted by molar-refractivity contribution is 0.690. The maximum absolute atomic E-state index is 4.41. The highest BCUT2D eigenvalue weighted by molar-refractivity contribution is 5.95. The van der Waals surface area contributed by atoms with E-state index in [1.54, 1.807) is 0 Å². The Morgan fingerprint density at radius 3 is 2.32 bits per heavy atom. The number of fused-ring (bicyclic) bond motifs is 6. The molecule has 10 rings (SSSR count). The highest BCUT2D eigenvalue weighted by atomic mass is 15.0. The third kappa shape index (κ3) is 7.47. The van der Waals surface area contributed by atoms with Crippen LogP contribution in [0.15, 0.2) is 203 Å². The molecule has 0 aliphatic heterocycles. The summed E-state index contributed by atoms with van der Waals surface area (Å²) in [6.45, 7) is 2.75. The molecule has 0 radical (unpaired) electrons.